The maximum absolute atomic E-state index is 12.7. The zero-order valence-corrected chi connectivity index (χ0v) is 20.1. The molecule has 5 rings (SSSR count). The van der Waals surface area contributed by atoms with Crippen LogP contribution in [0.15, 0.2) is 29.2 Å². The van der Waals surface area contributed by atoms with Gasteiger partial charge in [-0.25, -0.2) is 9.97 Å². The molecule has 0 spiro atoms. The van der Waals surface area contributed by atoms with Crippen molar-refractivity contribution in [2.45, 2.75) is 32.4 Å². The lowest BCUT2D eigenvalue weighted by molar-refractivity contribution is 0.195. The van der Waals surface area contributed by atoms with Crippen LogP contribution < -0.4 is 10.5 Å². The van der Waals surface area contributed by atoms with Crippen molar-refractivity contribution in [3.63, 3.8) is 0 Å². The van der Waals surface area contributed by atoms with Crippen molar-refractivity contribution in [3.05, 3.63) is 45.6 Å². The number of hydrogen-bond acceptors (Lipinski definition) is 8. The first kappa shape index (κ1) is 24.1. The molecule has 0 aliphatic carbocycles. The maximum atomic E-state index is 12.7. The molecule has 4 N–H and O–H groups in total. The number of H-pyrrole nitrogens is 2. The number of β-amino-alcohol motifs (C(OH)–C–C–N with tert-alkyl or cyclic N) is 1. The van der Waals surface area contributed by atoms with Gasteiger partial charge in [0.05, 0.1) is 29.0 Å². The van der Waals surface area contributed by atoms with Crippen LogP contribution in [0.2, 0.25) is 5.15 Å². The predicted octanol–water partition coefficient (Wildman–Crippen LogP) is 2.29. The minimum atomic E-state index is -3.67. The third-order valence-electron chi connectivity index (χ3n) is 5.47. The van der Waals surface area contributed by atoms with Crippen LogP contribution in [-0.4, -0.2) is 67.9 Å². The summed E-state index contributed by atoms with van der Waals surface area (Å²) in [5.74, 6) is 1.04. The molecule has 0 amide bonds. The first-order valence-corrected chi connectivity index (χ1v) is 12.6. The van der Waals surface area contributed by atoms with Gasteiger partial charge in [-0.1, -0.05) is 11.6 Å². The quantitative estimate of drug-likeness (QED) is 0.235. The highest BCUT2D eigenvalue weighted by atomic mass is 35.5. The molecule has 180 valence electrons. The highest BCUT2D eigenvalue weighted by Crippen LogP contribution is 2.33. The Balaban J connectivity index is 0.000000499. The predicted molar refractivity (Wildman–Crippen MR) is 130 cm³/mol. The van der Waals surface area contributed by atoms with E-state index in [1.807, 2.05) is 18.7 Å². The van der Waals surface area contributed by atoms with E-state index >= 15 is 0 Å². The van der Waals surface area contributed by atoms with E-state index in [0.29, 0.717) is 52.6 Å². The molecule has 1 saturated heterocycles. The number of rotatable bonds is 2. The average molecular weight is 507 g/mol. The lowest BCUT2D eigenvalue weighted by Gasteiger charge is -2.22. The van der Waals surface area contributed by atoms with Crippen molar-refractivity contribution in [2.24, 2.45) is 0 Å². The summed E-state index contributed by atoms with van der Waals surface area (Å²) < 4.78 is 25.9. The van der Waals surface area contributed by atoms with E-state index < -0.39 is 16.2 Å². The topological polar surface area (TPSA) is 165 Å². The molecule has 4 aromatic heterocycles. The molecule has 0 unspecified atom stereocenters. The smallest absolute Gasteiger partial charge is 0.261 e. The summed E-state index contributed by atoms with van der Waals surface area (Å²) in [5, 5.41) is 11.2. The van der Waals surface area contributed by atoms with Crippen LogP contribution in [0.1, 0.15) is 19.0 Å². The molecule has 0 aromatic carbocycles. The monoisotopic (exact) mass is 506 g/mol. The van der Waals surface area contributed by atoms with Crippen molar-refractivity contribution in [2.75, 3.05) is 17.7 Å². The van der Waals surface area contributed by atoms with Gasteiger partial charge in [-0.2, -0.15) is 8.42 Å². The van der Waals surface area contributed by atoms with Crippen LogP contribution in [-0.2, 0) is 10.1 Å². The SMILES string of the molecule is CS(=O)(=O)O.Cc1nccc2[nH]c(=O)c(-c3nc4c(N5C[C@H](O)C[C@H]5C)nc(Cl)cc4[nH]3)cc12. The van der Waals surface area contributed by atoms with E-state index in [1.165, 1.54) is 0 Å². The second kappa shape index (κ2) is 8.95. The minimum absolute atomic E-state index is 0.108. The van der Waals surface area contributed by atoms with Gasteiger partial charge in [-0.15, -0.1) is 0 Å². The van der Waals surface area contributed by atoms with Crippen LogP contribution in [0.25, 0.3) is 33.3 Å². The van der Waals surface area contributed by atoms with Crippen molar-refractivity contribution in [1.29, 1.82) is 0 Å². The molecule has 11 nitrogen and oxygen atoms in total. The van der Waals surface area contributed by atoms with E-state index in [1.54, 1.807) is 24.4 Å². The number of aromatic amines is 2. The van der Waals surface area contributed by atoms with Crippen molar-refractivity contribution in [1.82, 2.24) is 24.9 Å². The van der Waals surface area contributed by atoms with Crippen LogP contribution in [0.3, 0.4) is 0 Å². The van der Waals surface area contributed by atoms with Crippen LogP contribution in [0.4, 0.5) is 5.82 Å². The fraction of sp³-hybridized carbons (Fsp3) is 0.333. The zero-order chi connectivity index (χ0) is 24.8. The number of nitrogens with zero attached hydrogens (tertiary/aromatic N) is 4. The van der Waals surface area contributed by atoms with Crippen LogP contribution in [0.5, 0.6) is 0 Å². The summed E-state index contributed by atoms with van der Waals surface area (Å²) >= 11 is 6.25. The molecule has 5 heterocycles. The highest BCUT2D eigenvalue weighted by Gasteiger charge is 2.31. The Bertz CT molecular complexity index is 1540. The van der Waals surface area contributed by atoms with Gasteiger partial charge in [0.1, 0.15) is 16.5 Å². The molecule has 34 heavy (non-hydrogen) atoms. The Morgan fingerprint density at radius 3 is 2.56 bits per heavy atom. The van der Waals surface area contributed by atoms with Crippen molar-refractivity contribution < 1.29 is 18.1 Å². The number of halogens is 1. The summed E-state index contributed by atoms with van der Waals surface area (Å²) in [6, 6.07) is 5.37. The first-order chi connectivity index (χ1) is 15.9. The Labute approximate surface area is 199 Å². The number of aryl methyl sites for hydroxylation is 1. The molecule has 1 aliphatic rings. The van der Waals surface area contributed by atoms with Gasteiger partial charge >= 0.3 is 0 Å². The Kier molecular flexibility index (Phi) is 6.34. The van der Waals surface area contributed by atoms with Crippen molar-refractivity contribution in [3.8, 4) is 11.4 Å². The van der Waals surface area contributed by atoms with E-state index in [9.17, 15) is 18.3 Å². The maximum Gasteiger partial charge on any atom is 0.261 e. The molecular formula is C21H23ClN6O5S. The summed E-state index contributed by atoms with van der Waals surface area (Å²) in [4.78, 5) is 34.2. The number of aliphatic hydroxyl groups excluding tert-OH is 1. The Hall–Kier alpha value is -3.06. The normalized spacial score (nSPS) is 18.4. The number of nitrogens with one attached hydrogen (secondary N) is 2. The lowest BCUT2D eigenvalue weighted by atomic mass is 10.1. The summed E-state index contributed by atoms with van der Waals surface area (Å²) in [6.45, 7) is 4.39. The van der Waals surface area contributed by atoms with Gasteiger partial charge in [0.25, 0.3) is 15.7 Å². The fourth-order valence-corrected chi connectivity index (χ4v) is 4.23. The summed E-state index contributed by atoms with van der Waals surface area (Å²) in [6.07, 6.45) is 2.62. The molecule has 1 fully saturated rings. The van der Waals surface area contributed by atoms with E-state index in [2.05, 4.69) is 24.9 Å². The minimum Gasteiger partial charge on any atom is -0.391 e. The largest absolute Gasteiger partial charge is 0.391 e. The molecule has 0 saturated carbocycles. The number of pyridine rings is 3. The number of anilines is 1. The number of imidazole rings is 1. The first-order valence-electron chi connectivity index (χ1n) is 10.3. The van der Waals surface area contributed by atoms with Crippen molar-refractivity contribution >= 4 is 49.5 Å². The molecule has 4 aromatic rings. The van der Waals surface area contributed by atoms with Crippen LogP contribution >= 0.6 is 11.6 Å². The van der Waals surface area contributed by atoms with E-state index in [0.717, 1.165) is 16.6 Å². The number of fused-ring (bicyclic) bond motifs is 2. The molecule has 13 heteroatoms. The Morgan fingerprint density at radius 1 is 1.21 bits per heavy atom. The molecular weight excluding hydrogens is 484 g/mol. The van der Waals surface area contributed by atoms with E-state index in [4.69, 9.17) is 16.2 Å². The van der Waals surface area contributed by atoms with Gasteiger partial charge in [-0.05, 0) is 32.4 Å². The van der Waals surface area contributed by atoms with Gasteiger partial charge in [-0.3, -0.25) is 14.3 Å². The van der Waals surface area contributed by atoms with Crippen LogP contribution in [0, 0.1) is 6.92 Å². The molecule has 2 atom stereocenters. The zero-order valence-electron chi connectivity index (χ0n) is 18.6. The molecule has 0 bridgehead atoms. The van der Waals surface area contributed by atoms with Gasteiger partial charge in [0, 0.05) is 35.9 Å². The highest BCUT2D eigenvalue weighted by molar-refractivity contribution is 7.85. The summed E-state index contributed by atoms with van der Waals surface area (Å²) in [5.41, 5.74) is 3.03. The standard InChI is InChI=1S/C20H19ClN6O2.CH4O3S/c1-9-5-11(28)8-27(9)19-17-15(7-16(21)25-19)23-18(26-17)13-6-12-10(2)22-4-3-14(12)24-20(13)29;1-5(2,3)4/h3-4,6-7,9,11,28H,5,8H2,1-2H3,(H,23,26)(H,24,29);1H3,(H,2,3,4)/t9-,11-;/m1./s1. The number of aliphatic hydroxyl groups is 1. The molecule has 0 radical (unpaired) electrons. The number of hydrogen-bond donors (Lipinski definition) is 4. The number of aromatic nitrogens is 5. The van der Waals surface area contributed by atoms with E-state index in [-0.39, 0.29) is 11.6 Å². The summed E-state index contributed by atoms with van der Waals surface area (Å²) in [7, 11) is -3.67. The second-order valence-corrected chi connectivity index (χ2v) is 10.1. The van der Waals surface area contributed by atoms with Gasteiger partial charge in [0.15, 0.2) is 5.82 Å². The average Bonchev–Trinajstić information content (AvgIpc) is 3.28. The lowest BCUT2D eigenvalue weighted by Crippen LogP contribution is -2.28. The second-order valence-electron chi connectivity index (χ2n) is 8.24. The Morgan fingerprint density at radius 2 is 1.91 bits per heavy atom. The third-order valence-corrected chi connectivity index (χ3v) is 5.66. The van der Waals surface area contributed by atoms with Gasteiger partial charge in [0.2, 0.25) is 0 Å². The molecule has 1 aliphatic heterocycles. The third kappa shape index (κ3) is 5.04. The van der Waals surface area contributed by atoms with Gasteiger partial charge < -0.3 is 20.0 Å². The fourth-order valence-electron chi connectivity index (χ4n) is 4.04.